The van der Waals surface area contributed by atoms with Crippen molar-refractivity contribution in [1.82, 2.24) is 20.0 Å². The zero-order chi connectivity index (χ0) is 21.5. The molecule has 2 fully saturated rings. The van der Waals surface area contributed by atoms with Crippen LogP contribution in [0.15, 0.2) is 30.3 Å². The number of hydrogen-bond acceptors (Lipinski definition) is 4. The van der Waals surface area contributed by atoms with Crippen molar-refractivity contribution in [3.63, 3.8) is 0 Å². The molecule has 2 aliphatic rings. The molecule has 2 saturated heterocycles. The number of hydrogen-bond donors (Lipinski definition) is 1. The van der Waals surface area contributed by atoms with E-state index in [1.807, 2.05) is 37.3 Å². The van der Waals surface area contributed by atoms with Crippen molar-refractivity contribution in [1.29, 1.82) is 0 Å². The standard InChI is InChI=1S/C24H38N4O2/c1-19-15-20(2)17-28(16-19)24(30)18-27-13-11-26(12-14-27)10-9-23(29)25-21(3)22-7-5-4-6-8-22/h4-8,19-21H,9-18H2,1-3H3,(H,25,29). The van der Waals surface area contributed by atoms with Crippen molar-refractivity contribution in [2.75, 3.05) is 52.4 Å². The van der Waals surface area contributed by atoms with Crippen LogP contribution >= 0.6 is 0 Å². The summed E-state index contributed by atoms with van der Waals surface area (Å²) in [4.78, 5) is 31.7. The van der Waals surface area contributed by atoms with Crippen LogP contribution in [-0.2, 0) is 9.59 Å². The summed E-state index contributed by atoms with van der Waals surface area (Å²) in [7, 11) is 0. The van der Waals surface area contributed by atoms with Gasteiger partial charge in [-0.25, -0.2) is 0 Å². The Hall–Kier alpha value is -1.92. The fourth-order valence-corrected chi connectivity index (χ4v) is 4.73. The van der Waals surface area contributed by atoms with E-state index < -0.39 is 0 Å². The Bertz CT molecular complexity index is 678. The number of carbonyl (C=O) groups is 2. The first kappa shape index (κ1) is 22.8. The summed E-state index contributed by atoms with van der Waals surface area (Å²) in [6.45, 7) is 13.2. The zero-order valence-corrected chi connectivity index (χ0v) is 18.8. The summed E-state index contributed by atoms with van der Waals surface area (Å²) in [5.41, 5.74) is 1.13. The second-order valence-corrected chi connectivity index (χ2v) is 9.31. The third kappa shape index (κ3) is 6.81. The number of piperazine rings is 1. The quantitative estimate of drug-likeness (QED) is 0.744. The molecule has 1 aromatic rings. The van der Waals surface area contributed by atoms with Gasteiger partial charge in [0.1, 0.15) is 0 Å². The molecular weight excluding hydrogens is 376 g/mol. The molecule has 2 aliphatic heterocycles. The monoisotopic (exact) mass is 414 g/mol. The zero-order valence-electron chi connectivity index (χ0n) is 18.8. The van der Waals surface area contributed by atoms with Gasteiger partial charge < -0.3 is 15.1 Å². The molecule has 2 heterocycles. The minimum atomic E-state index is 0.0294. The molecule has 6 nitrogen and oxygen atoms in total. The molecule has 0 bridgehead atoms. The maximum absolute atomic E-state index is 12.7. The van der Waals surface area contributed by atoms with Crippen LogP contribution in [0.5, 0.6) is 0 Å². The predicted octanol–water partition coefficient (Wildman–Crippen LogP) is 2.38. The van der Waals surface area contributed by atoms with Crippen molar-refractivity contribution in [2.45, 2.75) is 39.7 Å². The van der Waals surface area contributed by atoms with Gasteiger partial charge in [0.05, 0.1) is 12.6 Å². The number of nitrogens with one attached hydrogen (secondary N) is 1. The summed E-state index contributed by atoms with van der Waals surface area (Å²) in [5, 5.41) is 3.09. The van der Waals surface area contributed by atoms with Gasteiger partial charge in [0.2, 0.25) is 11.8 Å². The number of benzene rings is 1. The first-order valence-corrected chi connectivity index (χ1v) is 11.5. The van der Waals surface area contributed by atoms with Gasteiger partial charge in [0.25, 0.3) is 0 Å². The predicted molar refractivity (Wildman–Crippen MR) is 120 cm³/mol. The largest absolute Gasteiger partial charge is 0.350 e. The first-order chi connectivity index (χ1) is 14.4. The Morgan fingerprint density at radius 3 is 2.23 bits per heavy atom. The van der Waals surface area contributed by atoms with Crippen LogP contribution in [0.25, 0.3) is 0 Å². The minimum absolute atomic E-state index is 0.0294. The smallest absolute Gasteiger partial charge is 0.236 e. The number of piperidine rings is 1. The van der Waals surface area contributed by atoms with E-state index in [4.69, 9.17) is 0 Å². The molecule has 6 heteroatoms. The van der Waals surface area contributed by atoms with E-state index in [-0.39, 0.29) is 17.9 Å². The highest BCUT2D eigenvalue weighted by atomic mass is 16.2. The second-order valence-electron chi connectivity index (χ2n) is 9.31. The van der Waals surface area contributed by atoms with E-state index in [0.29, 0.717) is 24.8 Å². The summed E-state index contributed by atoms with van der Waals surface area (Å²) < 4.78 is 0. The highest BCUT2D eigenvalue weighted by Gasteiger charge is 2.27. The average molecular weight is 415 g/mol. The molecule has 0 saturated carbocycles. The molecule has 0 aliphatic carbocycles. The molecule has 0 aromatic heterocycles. The van der Waals surface area contributed by atoms with E-state index >= 15 is 0 Å². The van der Waals surface area contributed by atoms with Crippen molar-refractivity contribution in [3.05, 3.63) is 35.9 Å². The highest BCUT2D eigenvalue weighted by Crippen LogP contribution is 2.21. The van der Waals surface area contributed by atoms with Gasteiger partial charge in [-0.1, -0.05) is 44.2 Å². The number of amides is 2. The van der Waals surface area contributed by atoms with Crippen LogP contribution in [0.4, 0.5) is 0 Å². The Morgan fingerprint density at radius 1 is 1.00 bits per heavy atom. The van der Waals surface area contributed by atoms with Gasteiger partial charge in [-0.15, -0.1) is 0 Å². The second kappa shape index (κ2) is 10.9. The minimum Gasteiger partial charge on any atom is -0.350 e. The van der Waals surface area contributed by atoms with E-state index in [1.165, 1.54) is 6.42 Å². The van der Waals surface area contributed by atoms with Gasteiger partial charge in [0, 0.05) is 52.2 Å². The Balaban J connectivity index is 1.33. The summed E-state index contributed by atoms with van der Waals surface area (Å²) in [6.07, 6.45) is 1.74. The molecular formula is C24H38N4O2. The lowest BCUT2D eigenvalue weighted by Crippen LogP contribution is -2.52. The number of likely N-dealkylation sites (tertiary alicyclic amines) is 1. The molecule has 2 amide bonds. The maximum atomic E-state index is 12.7. The summed E-state index contributed by atoms with van der Waals surface area (Å²) in [5.74, 6) is 1.57. The summed E-state index contributed by atoms with van der Waals surface area (Å²) >= 11 is 0. The van der Waals surface area contributed by atoms with E-state index in [1.54, 1.807) is 0 Å². The van der Waals surface area contributed by atoms with E-state index in [9.17, 15) is 9.59 Å². The third-order valence-electron chi connectivity index (χ3n) is 6.38. The van der Waals surface area contributed by atoms with E-state index in [2.05, 4.69) is 33.9 Å². The number of nitrogens with zero attached hydrogens (tertiary/aromatic N) is 3. The summed E-state index contributed by atoms with van der Waals surface area (Å²) in [6, 6.07) is 10.1. The molecule has 30 heavy (non-hydrogen) atoms. The molecule has 0 radical (unpaired) electrons. The third-order valence-corrected chi connectivity index (χ3v) is 6.38. The van der Waals surface area contributed by atoms with Gasteiger partial charge in [-0.05, 0) is 30.7 Å². The molecule has 3 unspecified atom stereocenters. The van der Waals surface area contributed by atoms with Crippen molar-refractivity contribution >= 4 is 11.8 Å². The van der Waals surface area contributed by atoms with Crippen molar-refractivity contribution in [2.24, 2.45) is 11.8 Å². The SMILES string of the molecule is CC1CC(C)CN(C(=O)CN2CCN(CCC(=O)NC(C)c3ccccc3)CC2)C1. The molecule has 1 aromatic carbocycles. The van der Waals surface area contributed by atoms with E-state index in [0.717, 1.165) is 51.4 Å². The molecule has 0 spiro atoms. The average Bonchev–Trinajstić information content (AvgIpc) is 2.73. The van der Waals surface area contributed by atoms with Crippen LogP contribution in [-0.4, -0.2) is 78.9 Å². The van der Waals surface area contributed by atoms with Crippen molar-refractivity contribution in [3.8, 4) is 0 Å². The lowest BCUT2D eigenvalue weighted by atomic mass is 9.92. The van der Waals surface area contributed by atoms with Crippen LogP contribution in [0.1, 0.15) is 45.2 Å². The van der Waals surface area contributed by atoms with Gasteiger partial charge in [0.15, 0.2) is 0 Å². The van der Waals surface area contributed by atoms with Crippen LogP contribution in [0.3, 0.4) is 0 Å². The normalized spacial score (nSPS) is 24.4. The molecule has 3 atom stereocenters. The maximum Gasteiger partial charge on any atom is 0.236 e. The fourth-order valence-electron chi connectivity index (χ4n) is 4.73. The Kier molecular flexibility index (Phi) is 8.28. The van der Waals surface area contributed by atoms with Crippen molar-refractivity contribution < 1.29 is 9.59 Å². The topological polar surface area (TPSA) is 55.9 Å². The highest BCUT2D eigenvalue weighted by molar-refractivity contribution is 5.78. The Labute approximate surface area is 181 Å². The van der Waals surface area contributed by atoms with Crippen LogP contribution < -0.4 is 5.32 Å². The Morgan fingerprint density at radius 2 is 1.60 bits per heavy atom. The van der Waals surface area contributed by atoms with Crippen LogP contribution in [0.2, 0.25) is 0 Å². The number of carbonyl (C=O) groups excluding carboxylic acids is 2. The molecule has 1 N–H and O–H groups in total. The number of rotatable bonds is 7. The fraction of sp³-hybridized carbons (Fsp3) is 0.667. The first-order valence-electron chi connectivity index (χ1n) is 11.5. The van der Waals surface area contributed by atoms with Gasteiger partial charge in [-0.2, -0.15) is 0 Å². The lowest BCUT2D eigenvalue weighted by molar-refractivity contribution is -0.135. The van der Waals surface area contributed by atoms with Gasteiger partial charge >= 0.3 is 0 Å². The lowest BCUT2D eigenvalue weighted by Gasteiger charge is -2.38. The van der Waals surface area contributed by atoms with Gasteiger partial charge in [-0.3, -0.25) is 14.5 Å². The molecule has 3 rings (SSSR count). The van der Waals surface area contributed by atoms with Crippen LogP contribution in [0, 0.1) is 11.8 Å². The molecule has 166 valence electrons.